The van der Waals surface area contributed by atoms with Crippen LogP contribution in [0.4, 0.5) is 10.5 Å². The number of thioether (sulfide) groups is 2. The number of amides is 3. The molecular weight excluding hydrogens is 677 g/mol. The Bertz CT molecular complexity index is 1410. The summed E-state index contributed by atoms with van der Waals surface area (Å²) in [4.78, 5) is 55.8. The summed E-state index contributed by atoms with van der Waals surface area (Å²) in [7, 11) is 1.68. The molecule has 3 fully saturated rings. The predicted molar refractivity (Wildman–Crippen MR) is 166 cm³/mol. The maximum absolute atomic E-state index is 13.4. The third kappa shape index (κ3) is 7.33. The summed E-state index contributed by atoms with van der Waals surface area (Å²) in [6.45, 7) is 2.77. The van der Waals surface area contributed by atoms with Crippen LogP contribution in [-0.4, -0.2) is 100.0 Å². The number of benzene rings is 1. The van der Waals surface area contributed by atoms with Crippen molar-refractivity contribution in [1.82, 2.24) is 30.4 Å². The summed E-state index contributed by atoms with van der Waals surface area (Å²) in [5, 5.41) is 14.1. The van der Waals surface area contributed by atoms with Gasteiger partial charge in [-0.1, -0.05) is 64.8 Å². The van der Waals surface area contributed by atoms with Gasteiger partial charge in [0.25, 0.3) is 0 Å². The van der Waals surface area contributed by atoms with Gasteiger partial charge in [0.1, 0.15) is 36.7 Å². The Kier molecular flexibility index (Phi) is 9.81. The molecule has 0 radical (unpaired) electrons. The monoisotopic (exact) mass is 705 g/mol. The molecule has 3 heterocycles. The van der Waals surface area contributed by atoms with E-state index in [0.717, 1.165) is 12.8 Å². The number of β-lactam (4-membered cyclic amide) rings is 1. The van der Waals surface area contributed by atoms with Crippen molar-refractivity contribution >= 4 is 87.9 Å². The van der Waals surface area contributed by atoms with E-state index in [4.69, 9.17) is 44.3 Å². The molecule has 2 aromatic rings. The number of tetrazole rings is 1. The lowest BCUT2D eigenvalue weighted by molar-refractivity contribution is -0.164. The number of alkyl halides is 3. The molecule has 3 aliphatic rings. The van der Waals surface area contributed by atoms with Crippen molar-refractivity contribution in [3.63, 3.8) is 0 Å². The fourth-order valence-corrected chi connectivity index (χ4v) is 8.08. The first kappa shape index (κ1) is 32.9. The fraction of sp³-hybridized carbons (Fsp3) is 0.577. The maximum Gasteiger partial charge on any atom is 0.415 e. The van der Waals surface area contributed by atoms with Gasteiger partial charge in [0.15, 0.2) is 0 Å². The number of rotatable bonds is 11. The number of halogens is 3. The quantitative estimate of drug-likeness (QED) is 0.159. The number of esters is 1. The number of nitrogens with zero attached hydrogens (tertiary/aromatic N) is 6. The highest BCUT2D eigenvalue weighted by molar-refractivity contribution is 8.04. The lowest BCUT2D eigenvalue weighted by Crippen LogP contribution is -2.71. The van der Waals surface area contributed by atoms with Crippen LogP contribution in [0.25, 0.3) is 0 Å². The Morgan fingerprint density at radius 2 is 1.95 bits per heavy atom. The summed E-state index contributed by atoms with van der Waals surface area (Å²) in [5.41, 5.74) is 0.479. The van der Waals surface area contributed by atoms with Crippen molar-refractivity contribution in [1.29, 1.82) is 0 Å². The molecule has 13 nitrogen and oxygen atoms in total. The predicted octanol–water partition coefficient (Wildman–Crippen LogP) is 3.18. The zero-order chi connectivity index (χ0) is 31.8. The number of hydrogen-bond acceptors (Lipinski definition) is 11. The third-order valence-electron chi connectivity index (χ3n) is 7.48. The van der Waals surface area contributed by atoms with Gasteiger partial charge in [0, 0.05) is 18.5 Å². The molecule has 1 saturated carbocycles. The molecule has 4 unspecified atom stereocenters. The third-order valence-corrected chi connectivity index (χ3v) is 11.0. The van der Waals surface area contributed by atoms with Crippen LogP contribution in [0.2, 0.25) is 0 Å². The molecule has 2 aliphatic heterocycles. The highest BCUT2D eigenvalue weighted by Crippen LogP contribution is 2.53. The standard InChI is InChI=1S/C26H30Cl3N7O6S2/c1-14(15-9-10-15)42-24(40)35(16-7-5-4-6-8-16)11-17(37)30-18-20(38)36-19(22(39)41-12-26(27,28)29)25(2,44-21(18)36)13-43-23-31-32-33-34(23)3/h4-8,14-15,18-19,21H,9-13H2,1-3H3,(H,30,37)/t14?,18?,19?,21-,25?/m0/s1. The van der Waals surface area contributed by atoms with Crippen molar-refractivity contribution in [3.8, 4) is 0 Å². The average molecular weight is 707 g/mol. The topological polar surface area (TPSA) is 149 Å². The summed E-state index contributed by atoms with van der Waals surface area (Å²) in [6.07, 6.45) is 1.05. The second kappa shape index (κ2) is 13.1. The summed E-state index contributed by atoms with van der Waals surface area (Å²) in [5.74, 6) is -1.15. The van der Waals surface area contributed by atoms with E-state index >= 15 is 0 Å². The SMILES string of the molecule is CC(OC(=O)N(CC(=O)NC1C(=O)N2C(C(=O)OCC(Cl)(Cl)Cl)C(C)(CSc3nnnn3C)S[C@@H]12)c1ccccc1)C1CC1. The second-order valence-corrected chi connectivity index (χ2v) is 16.1. The fourth-order valence-electron chi connectivity index (χ4n) is 5.03. The van der Waals surface area contributed by atoms with E-state index in [-0.39, 0.29) is 12.6 Å². The van der Waals surface area contributed by atoms with E-state index in [2.05, 4.69) is 20.8 Å². The van der Waals surface area contributed by atoms with Crippen LogP contribution < -0.4 is 10.2 Å². The maximum atomic E-state index is 13.4. The summed E-state index contributed by atoms with van der Waals surface area (Å²) >= 11 is 20.0. The van der Waals surface area contributed by atoms with E-state index in [1.807, 2.05) is 13.8 Å². The van der Waals surface area contributed by atoms with Crippen LogP contribution in [0.3, 0.4) is 0 Å². The molecule has 44 heavy (non-hydrogen) atoms. The number of ether oxygens (including phenoxy) is 2. The van der Waals surface area contributed by atoms with Gasteiger partial charge in [-0.2, -0.15) is 0 Å². The smallest absolute Gasteiger partial charge is 0.415 e. The molecule has 1 aliphatic carbocycles. The van der Waals surface area contributed by atoms with Crippen molar-refractivity contribution in [2.24, 2.45) is 13.0 Å². The van der Waals surface area contributed by atoms with Gasteiger partial charge >= 0.3 is 12.1 Å². The minimum Gasteiger partial charge on any atom is -0.460 e. The van der Waals surface area contributed by atoms with Crippen LogP contribution in [0.15, 0.2) is 35.5 Å². The normalized spacial score (nSPS) is 25.1. The largest absolute Gasteiger partial charge is 0.460 e. The molecule has 2 saturated heterocycles. The van der Waals surface area contributed by atoms with Gasteiger partial charge in [-0.3, -0.25) is 14.5 Å². The highest BCUT2D eigenvalue weighted by atomic mass is 35.6. The molecule has 238 valence electrons. The van der Waals surface area contributed by atoms with Gasteiger partial charge in [0.05, 0.1) is 4.75 Å². The highest BCUT2D eigenvalue weighted by Gasteiger charge is 2.66. The number of hydrogen-bond donors (Lipinski definition) is 1. The first-order valence-corrected chi connectivity index (χ1v) is 16.7. The zero-order valence-corrected chi connectivity index (χ0v) is 27.8. The van der Waals surface area contributed by atoms with Crippen molar-refractivity contribution in [2.75, 3.05) is 23.8 Å². The summed E-state index contributed by atoms with van der Waals surface area (Å²) in [6, 6.07) is 6.70. The molecule has 1 N–H and O–H groups in total. The second-order valence-electron chi connectivity index (χ2n) is 11.0. The van der Waals surface area contributed by atoms with E-state index in [1.54, 1.807) is 37.4 Å². The molecule has 5 rings (SSSR count). The van der Waals surface area contributed by atoms with Gasteiger partial charge in [-0.25, -0.2) is 14.3 Å². The van der Waals surface area contributed by atoms with Crippen molar-refractivity contribution < 1.29 is 28.7 Å². The number of carbonyl (C=O) groups excluding carboxylic acids is 4. The van der Waals surface area contributed by atoms with E-state index < -0.39 is 56.5 Å². The van der Waals surface area contributed by atoms with Crippen LogP contribution in [0.1, 0.15) is 26.7 Å². The number of fused-ring (bicyclic) bond motifs is 1. The van der Waals surface area contributed by atoms with Crippen molar-refractivity contribution in [3.05, 3.63) is 30.3 Å². The van der Waals surface area contributed by atoms with E-state index in [1.165, 1.54) is 38.0 Å². The van der Waals surface area contributed by atoms with Gasteiger partial charge < -0.3 is 19.7 Å². The zero-order valence-electron chi connectivity index (χ0n) is 23.9. The minimum absolute atomic E-state index is 0.278. The number of carbonyl (C=O) groups is 4. The van der Waals surface area contributed by atoms with Gasteiger partial charge in [0.2, 0.25) is 20.8 Å². The number of aromatic nitrogens is 4. The van der Waals surface area contributed by atoms with Crippen LogP contribution in [-0.2, 0) is 30.9 Å². The van der Waals surface area contributed by atoms with Gasteiger partial charge in [-0.05, 0) is 55.2 Å². The number of para-hydroxylation sites is 1. The Hall–Kier alpha value is -2.46. The molecule has 3 amide bonds. The van der Waals surface area contributed by atoms with Crippen LogP contribution in [0, 0.1) is 5.92 Å². The van der Waals surface area contributed by atoms with Crippen LogP contribution in [0.5, 0.6) is 0 Å². The van der Waals surface area contributed by atoms with Gasteiger partial charge in [-0.15, -0.1) is 16.9 Å². The van der Waals surface area contributed by atoms with Crippen LogP contribution >= 0.6 is 58.3 Å². The molecule has 18 heteroatoms. The number of anilines is 1. The Morgan fingerprint density at radius 1 is 1.25 bits per heavy atom. The lowest BCUT2D eigenvalue weighted by atomic mass is 9.95. The number of aryl methyl sites for hydroxylation is 1. The molecular formula is C26H30Cl3N7O6S2. The molecule has 1 aromatic heterocycles. The molecule has 5 atom stereocenters. The van der Waals surface area contributed by atoms with E-state index in [9.17, 15) is 19.2 Å². The van der Waals surface area contributed by atoms with E-state index in [0.29, 0.717) is 22.5 Å². The Labute approximate surface area is 276 Å². The lowest BCUT2D eigenvalue weighted by Gasteiger charge is -2.44. The van der Waals surface area contributed by atoms with Crippen molar-refractivity contribution in [2.45, 2.75) is 63.9 Å². The molecule has 0 spiro atoms. The number of nitrogens with one attached hydrogen (secondary N) is 1. The first-order chi connectivity index (χ1) is 20.8. The molecule has 0 bridgehead atoms. The Balaban J connectivity index is 1.29. The minimum atomic E-state index is -1.84. The average Bonchev–Trinajstić information content (AvgIpc) is 3.69. The summed E-state index contributed by atoms with van der Waals surface area (Å²) < 4.78 is 9.70. The first-order valence-electron chi connectivity index (χ1n) is 13.7. The Morgan fingerprint density at radius 3 is 2.57 bits per heavy atom. The molecule has 1 aromatic carbocycles.